The number of nitrogen functional groups attached to an aromatic ring is 1. The minimum atomic E-state index is 0.259. The third kappa shape index (κ3) is 3.17. The third-order valence-electron chi connectivity index (χ3n) is 4.14. The monoisotopic (exact) mass is 393 g/mol. The van der Waals surface area contributed by atoms with E-state index in [1.165, 1.54) is 16.6 Å². The second-order valence-corrected chi connectivity index (χ2v) is 8.39. The number of nitrogens with zero attached hydrogens (tertiary/aromatic N) is 2. The van der Waals surface area contributed by atoms with Crippen molar-refractivity contribution < 1.29 is 9.47 Å². The van der Waals surface area contributed by atoms with Crippen molar-refractivity contribution in [3.63, 3.8) is 0 Å². The fourth-order valence-corrected chi connectivity index (χ4v) is 5.01. The fraction of sp³-hybridized carbons (Fsp3) is 0.294. The molecule has 130 valence electrons. The van der Waals surface area contributed by atoms with Gasteiger partial charge in [-0.2, -0.15) is 0 Å². The van der Waals surface area contributed by atoms with Gasteiger partial charge in [0.2, 0.25) is 0 Å². The summed E-state index contributed by atoms with van der Waals surface area (Å²) in [6, 6.07) is 3.79. The highest BCUT2D eigenvalue weighted by Crippen LogP contribution is 2.37. The van der Waals surface area contributed by atoms with Crippen molar-refractivity contribution >= 4 is 50.7 Å². The molecule has 0 spiro atoms. The molecule has 3 aromatic rings. The van der Waals surface area contributed by atoms with E-state index in [0.29, 0.717) is 28.4 Å². The van der Waals surface area contributed by atoms with Gasteiger partial charge >= 0.3 is 0 Å². The van der Waals surface area contributed by atoms with Crippen LogP contribution in [0.3, 0.4) is 0 Å². The van der Waals surface area contributed by atoms with Crippen LogP contribution in [-0.4, -0.2) is 16.8 Å². The van der Waals surface area contributed by atoms with Crippen LogP contribution in [0.1, 0.15) is 21.6 Å². The van der Waals surface area contributed by atoms with Crippen molar-refractivity contribution in [2.24, 2.45) is 0 Å². The van der Waals surface area contributed by atoms with E-state index in [1.807, 2.05) is 12.1 Å². The van der Waals surface area contributed by atoms with Crippen molar-refractivity contribution in [3.05, 3.63) is 38.7 Å². The number of halogens is 1. The maximum atomic E-state index is 6.22. The number of thioether (sulfide) groups is 1. The van der Waals surface area contributed by atoms with Crippen molar-refractivity contribution in [3.8, 4) is 5.75 Å². The first-order valence-corrected chi connectivity index (χ1v) is 9.89. The van der Waals surface area contributed by atoms with Gasteiger partial charge in [-0.3, -0.25) is 0 Å². The van der Waals surface area contributed by atoms with Crippen LogP contribution in [0.5, 0.6) is 5.75 Å². The van der Waals surface area contributed by atoms with Gasteiger partial charge < -0.3 is 15.2 Å². The lowest BCUT2D eigenvalue weighted by atomic mass is 10.1. The summed E-state index contributed by atoms with van der Waals surface area (Å²) in [4.78, 5) is 11.3. The molecule has 0 saturated heterocycles. The number of aryl methyl sites for hydroxylation is 2. The maximum absolute atomic E-state index is 6.22. The molecule has 0 fully saturated rings. The van der Waals surface area contributed by atoms with Gasteiger partial charge in [-0.25, -0.2) is 9.97 Å². The quantitative estimate of drug-likeness (QED) is 0.513. The highest BCUT2D eigenvalue weighted by Gasteiger charge is 2.18. The Morgan fingerprint density at radius 3 is 3.00 bits per heavy atom. The minimum absolute atomic E-state index is 0.259. The van der Waals surface area contributed by atoms with E-state index in [4.69, 9.17) is 26.8 Å². The summed E-state index contributed by atoms with van der Waals surface area (Å²) in [5.74, 6) is 2.03. The van der Waals surface area contributed by atoms with E-state index in [0.717, 1.165) is 32.7 Å². The number of hydrogen-bond donors (Lipinski definition) is 1. The number of benzene rings is 1. The lowest BCUT2D eigenvalue weighted by Crippen LogP contribution is -2.13. The van der Waals surface area contributed by atoms with Crippen LogP contribution in [-0.2, 0) is 17.1 Å². The van der Waals surface area contributed by atoms with E-state index >= 15 is 0 Å². The standard InChI is InChI=1S/C17H16ClN3O2S2/c1-8-9(2)25-16-13(8)15(19)20-17(21-16)24-6-11-4-12(18)3-10-5-22-7-23-14(10)11/h3-4H,5-7H2,1-2H3,(H2,19,20,21). The van der Waals surface area contributed by atoms with Crippen LogP contribution in [0.4, 0.5) is 5.82 Å². The highest BCUT2D eigenvalue weighted by atomic mass is 35.5. The number of anilines is 1. The average Bonchev–Trinajstić information content (AvgIpc) is 2.87. The second-order valence-electron chi connectivity index (χ2n) is 5.81. The average molecular weight is 394 g/mol. The van der Waals surface area contributed by atoms with E-state index in [9.17, 15) is 0 Å². The Hall–Kier alpha value is -1.54. The predicted molar refractivity (Wildman–Crippen MR) is 103 cm³/mol. The molecule has 8 heteroatoms. The third-order valence-corrected chi connectivity index (χ3v) is 6.36. The molecule has 3 heterocycles. The van der Waals surface area contributed by atoms with Gasteiger partial charge in [-0.05, 0) is 31.5 Å². The SMILES string of the molecule is Cc1sc2nc(SCc3cc(Cl)cc4c3OCOC4)nc(N)c2c1C. The Kier molecular flexibility index (Phi) is 4.49. The van der Waals surface area contributed by atoms with Gasteiger partial charge in [0.1, 0.15) is 16.4 Å². The first kappa shape index (κ1) is 16.9. The Labute approximate surface area is 158 Å². The van der Waals surface area contributed by atoms with Crippen LogP contribution in [0.15, 0.2) is 17.3 Å². The molecule has 25 heavy (non-hydrogen) atoms. The van der Waals surface area contributed by atoms with Gasteiger partial charge in [0.15, 0.2) is 11.9 Å². The van der Waals surface area contributed by atoms with Crippen LogP contribution >= 0.6 is 34.7 Å². The van der Waals surface area contributed by atoms with Gasteiger partial charge in [0, 0.05) is 26.8 Å². The number of fused-ring (bicyclic) bond motifs is 2. The molecule has 2 aromatic heterocycles. The zero-order valence-electron chi connectivity index (χ0n) is 13.8. The topological polar surface area (TPSA) is 70.3 Å². The van der Waals surface area contributed by atoms with Crippen molar-refractivity contribution in [2.45, 2.75) is 31.4 Å². The van der Waals surface area contributed by atoms with E-state index < -0.39 is 0 Å². The lowest BCUT2D eigenvalue weighted by Gasteiger charge is -2.20. The molecule has 2 N–H and O–H groups in total. The Morgan fingerprint density at radius 1 is 1.32 bits per heavy atom. The van der Waals surface area contributed by atoms with Gasteiger partial charge in [-0.15, -0.1) is 11.3 Å². The number of ether oxygens (including phenoxy) is 2. The summed E-state index contributed by atoms with van der Waals surface area (Å²) in [6.45, 7) is 4.90. The molecule has 0 radical (unpaired) electrons. The Morgan fingerprint density at radius 2 is 2.16 bits per heavy atom. The molecule has 0 atom stereocenters. The summed E-state index contributed by atoms with van der Waals surface area (Å²) in [6.07, 6.45) is 0. The predicted octanol–water partition coefficient (Wildman–Crippen LogP) is 4.70. The Bertz CT molecular complexity index is 974. The van der Waals surface area contributed by atoms with Crippen molar-refractivity contribution in [2.75, 3.05) is 12.5 Å². The van der Waals surface area contributed by atoms with Crippen molar-refractivity contribution in [1.82, 2.24) is 9.97 Å². The molecule has 0 amide bonds. The summed E-state index contributed by atoms with van der Waals surface area (Å²) in [7, 11) is 0. The number of hydrogen-bond acceptors (Lipinski definition) is 7. The van der Waals surface area contributed by atoms with E-state index in [-0.39, 0.29) is 6.79 Å². The van der Waals surface area contributed by atoms with Gasteiger partial charge in [0.05, 0.1) is 12.0 Å². The minimum Gasteiger partial charge on any atom is -0.467 e. The van der Waals surface area contributed by atoms with Crippen LogP contribution in [0.2, 0.25) is 5.02 Å². The molecule has 5 nitrogen and oxygen atoms in total. The lowest BCUT2D eigenvalue weighted by molar-refractivity contribution is -0.0168. The van der Waals surface area contributed by atoms with Crippen LogP contribution in [0.25, 0.3) is 10.2 Å². The molecular weight excluding hydrogens is 378 g/mol. The molecule has 0 bridgehead atoms. The van der Waals surface area contributed by atoms with E-state index in [1.54, 1.807) is 11.3 Å². The number of rotatable bonds is 3. The largest absolute Gasteiger partial charge is 0.467 e. The van der Waals surface area contributed by atoms with Crippen LogP contribution in [0, 0.1) is 13.8 Å². The molecule has 4 rings (SSSR count). The van der Waals surface area contributed by atoms with Crippen LogP contribution < -0.4 is 10.5 Å². The molecule has 1 aliphatic heterocycles. The normalized spacial score (nSPS) is 13.7. The molecular formula is C17H16ClN3O2S2. The first-order chi connectivity index (χ1) is 12.0. The second kappa shape index (κ2) is 6.64. The van der Waals surface area contributed by atoms with Gasteiger partial charge in [-0.1, -0.05) is 23.4 Å². The zero-order chi connectivity index (χ0) is 17.6. The molecule has 0 saturated carbocycles. The number of thiophene rings is 1. The zero-order valence-corrected chi connectivity index (χ0v) is 16.1. The number of nitrogens with two attached hydrogens (primary N) is 1. The summed E-state index contributed by atoms with van der Waals surface area (Å²) < 4.78 is 11.0. The molecule has 0 aliphatic carbocycles. The molecule has 1 aliphatic rings. The van der Waals surface area contributed by atoms with Gasteiger partial charge in [0.25, 0.3) is 0 Å². The molecule has 0 unspecified atom stereocenters. The maximum Gasteiger partial charge on any atom is 0.191 e. The molecule has 1 aromatic carbocycles. The summed E-state index contributed by atoms with van der Waals surface area (Å²) in [5.41, 5.74) is 9.29. The Balaban J connectivity index is 1.64. The number of aromatic nitrogens is 2. The first-order valence-electron chi connectivity index (χ1n) is 7.71. The summed E-state index contributed by atoms with van der Waals surface area (Å²) in [5, 5.41) is 2.29. The van der Waals surface area contributed by atoms with E-state index in [2.05, 4.69) is 23.8 Å². The fourth-order valence-electron chi connectivity index (χ4n) is 2.83. The highest BCUT2D eigenvalue weighted by molar-refractivity contribution is 7.98. The van der Waals surface area contributed by atoms with Crippen molar-refractivity contribution in [1.29, 1.82) is 0 Å². The summed E-state index contributed by atoms with van der Waals surface area (Å²) >= 11 is 9.39. The smallest absolute Gasteiger partial charge is 0.191 e.